The van der Waals surface area contributed by atoms with Gasteiger partial charge < -0.3 is 20.6 Å². The van der Waals surface area contributed by atoms with E-state index < -0.39 is 18.0 Å². The van der Waals surface area contributed by atoms with Crippen LogP contribution in [0.2, 0.25) is 0 Å². The minimum atomic E-state index is -1.20. The Kier molecular flexibility index (Phi) is 4.44. The Morgan fingerprint density at radius 2 is 2.06 bits per heavy atom. The molecule has 0 saturated heterocycles. The van der Waals surface area contributed by atoms with Gasteiger partial charge in [-0.1, -0.05) is 5.16 Å². The van der Waals surface area contributed by atoms with Crippen molar-refractivity contribution in [2.75, 3.05) is 13.1 Å². The van der Waals surface area contributed by atoms with Crippen LogP contribution in [0.3, 0.4) is 0 Å². The van der Waals surface area contributed by atoms with Crippen LogP contribution in [0.1, 0.15) is 13.3 Å². The van der Waals surface area contributed by atoms with Gasteiger partial charge in [-0.3, -0.25) is 9.59 Å². The van der Waals surface area contributed by atoms with E-state index in [0.717, 1.165) is 0 Å². The molecule has 0 bridgehead atoms. The molecule has 8 nitrogen and oxygen atoms in total. The molecular formula is C9H13N3O5. The van der Waals surface area contributed by atoms with Crippen molar-refractivity contribution in [3.63, 3.8) is 0 Å². The molecule has 0 aromatic rings. The number of nitrogens with zero attached hydrogens (tertiary/aromatic N) is 1. The molecule has 1 rings (SSSR count). The smallest absolute Gasteiger partial charge is 0.353 e. The Hall–Kier alpha value is -2.12. The fourth-order valence-corrected chi connectivity index (χ4v) is 1.18. The van der Waals surface area contributed by atoms with Gasteiger partial charge in [-0.15, -0.1) is 0 Å². The summed E-state index contributed by atoms with van der Waals surface area (Å²) in [6.07, 6.45) is -0.958. The van der Waals surface area contributed by atoms with Crippen molar-refractivity contribution >= 4 is 23.5 Å². The summed E-state index contributed by atoms with van der Waals surface area (Å²) in [4.78, 5) is 37.2. The van der Waals surface area contributed by atoms with Crippen molar-refractivity contribution in [1.29, 1.82) is 0 Å². The van der Waals surface area contributed by atoms with Gasteiger partial charge in [0, 0.05) is 26.4 Å². The first kappa shape index (κ1) is 12.9. The highest BCUT2D eigenvalue weighted by Crippen LogP contribution is 2.10. The Bertz CT molecular complexity index is 366. The monoisotopic (exact) mass is 243 g/mol. The molecule has 0 radical (unpaired) electrons. The van der Waals surface area contributed by atoms with Crippen molar-refractivity contribution in [2.45, 2.75) is 19.4 Å². The molecule has 0 aliphatic carbocycles. The first-order valence-electron chi connectivity index (χ1n) is 4.99. The lowest BCUT2D eigenvalue weighted by Crippen LogP contribution is -2.39. The second kappa shape index (κ2) is 5.83. The Balaban J connectivity index is 2.22. The number of nitrogens with one attached hydrogen (secondary N) is 2. The van der Waals surface area contributed by atoms with Crippen LogP contribution in [0.5, 0.6) is 0 Å². The number of oxime groups is 1. The first-order valence-corrected chi connectivity index (χ1v) is 4.99. The Morgan fingerprint density at radius 3 is 2.59 bits per heavy atom. The highest BCUT2D eigenvalue weighted by molar-refractivity contribution is 6.36. The molecule has 1 atom stereocenters. The van der Waals surface area contributed by atoms with Crippen LogP contribution in [0.15, 0.2) is 5.16 Å². The molecule has 0 aromatic carbocycles. The molecule has 0 spiro atoms. The third-order valence-corrected chi connectivity index (χ3v) is 2.01. The maximum absolute atomic E-state index is 11.4. The normalized spacial score (nSPS) is 17.9. The molecule has 94 valence electrons. The van der Waals surface area contributed by atoms with Crippen LogP contribution >= 0.6 is 0 Å². The van der Waals surface area contributed by atoms with E-state index in [2.05, 4.69) is 20.6 Å². The lowest BCUT2D eigenvalue weighted by atomic mass is 10.2. The predicted octanol–water partition coefficient (Wildman–Crippen LogP) is -1.53. The number of hydrogen-bond donors (Lipinski definition) is 3. The summed E-state index contributed by atoms with van der Waals surface area (Å²) < 4.78 is 0. The zero-order valence-electron chi connectivity index (χ0n) is 9.23. The van der Waals surface area contributed by atoms with Gasteiger partial charge in [0.1, 0.15) is 0 Å². The summed E-state index contributed by atoms with van der Waals surface area (Å²) in [6, 6.07) is 0. The van der Waals surface area contributed by atoms with E-state index in [1.807, 2.05) is 0 Å². The fraction of sp³-hybridized carbons (Fsp3) is 0.556. The van der Waals surface area contributed by atoms with Gasteiger partial charge in [0.15, 0.2) is 5.71 Å². The maximum atomic E-state index is 11.4. The zero-order chi connectivity index (χ0) is 12.8. The molecule has 0 aromatic heterocycles. The molecule has 1 unspecified atom stereocenters. The van der Waals surface area contributed by atoms with E-state index in [1.54, 1.807) is 0 Å². The van der Waals surface area contributed by atoms with Crippen molar-refractivity contribution in [2.24, 2.45) is 5.16 Å². The second-order valence-corrected chi connectivity index (χ2v) is 3.42. The summed E-state index contributed by atoms with van der Waals surface area (Å²) in [5, 5.41) is 16.9. The van der Waals surface area contributed by atoms with E-state index in [9.17, 15) is 14.4 Å². The summed E-state index contributed by atoms with van der Waals surface area (Å²) in [7, 11) is 0. The topological polar surface area (TPSA) is 117 Å². The van der Waals surface area contributed by atoms with E-state index in [1.165, 1.54) is 6.92 Å². The molecule has 2 amide bonds. The van der Waals surface area contributed by atoms with Crippen LogP contribution < -0.4 is 10.6 Å². The standard InChI is InChI=1S/C9H13N3O5/c1-5(13)10-2-3-11-8(14)7-4-6(9(15)16)12-17-7/h7H,2-4H2,1H3,(H,10,13)(H,11,14)(H,15,16). The molecule has 1 aliphatic heterocycles. The largest absolute Gasteiger partial charge is 0.477 e. The SMILES string of the molecule is CC(=O)NCCNC(=O)C1CC(C(=O)O)=NO1. The molecule has 8 heteroatoms. The minimum Gasteiger partial charge on any atom is -0.477 e. The highest BCUT2D eigenvalue weighted by atomic mass is 16.6. The van der Waals surface area contributed by atoms with E-state index in [-0.39, 0.29) is 24.6 Å². The fourth-order valence-electron chi connectivity index (χ4n) is 1.18. The third-order valence-electron chi connectivity index (χ3n) is 2.01. The summed E-state index contributed by atoms with van der Waals surface area (Å²) >= 11 is 0. The minimum absolute atomic E-state index is 0.0543. The van der Waals surface area contributed by atoms with Crippen LogP contribution in [0.4, 0.5) is 0 Å². The van der Waals surface area contributed by atoms with E-state index >= 15 is 0 Å². The summed E-state index contributed by atoms with van der Waals surface area (Å²) in [5.74, 6) is -1.83. The first-order chi connectivity index (χ1) is 8.00. The van der Waals surface area contributed by atoms with E-state index in [0.29, 0.717) is 6.54 Å². The molecule has 3 N–H and O–H groups in total. The van der Waals surface area contributed by atoms with Crippen LogP contribution in [0, 0.1) is 0 Å². The van der Waals surface area contributed by atoms with Gasteiger partial charge in [0.25, 0.3) is 5.91 Å². The Morgan fingerprint density at radius 1 is 1.41 bits per heavy atom. The third kappa shape index (κ3) is 4.09. The number of amides is 2. The van der Waals surface area contributed by atoms with Crippen molar-refractivity contribution in [1.82, 2.24) is 10.6 Å². The van der Waals surface area contributed by atoms with Gasteiger partial charge in [0.05, 0.1) is 0 Å². The van der Waals surface area contributed by atoms with Crippen LogP contribution in [-0.2, 0) is 19.2 Å². The zero-order valence-corrected chi connectivity index (χ0v) is 9.23. The second-order valence-electron chi connectivity index (χ2n) is 3.42. The van der Waals surface area contributed by atoms with Gasteiger partial charge in [-0.25, -0.2) is 4.79 Å². The lowest BCUT2D eigenvalue weighted by molar-refractivity contribution is -0.131. The van der Waals surface area contributed by atoms with Crippen molar-refractivity contribution < 1.29 is 24.3 Å². The lowest BCUT2D eigenvalue weighted by Gasteiger charge is -2.09. The van der Waals surface area contributed by atoms with Crippen molar-refractivity contribution in [3.05, 3.63) is 0 Å². The molecule has 1 heterocycles. The molecule has 0 fully saturated rings. The number of aliphatic carboxylic acids is 1. The predicted molar refractivity (Wildman–Crippen MR) is 56.3 cm³/mol. The van der Waals surface area contributed by atoms with Gasteiger partial charge in [-0.05, 0) is 0 Å². The summed E-state index contributed by atoms with van der Waals surface area (Å²) in [6.45, 7) is 1.93. The molecule has 1 aliphatic rings. The quantitative estimate of drug-likeness (QED) is 0.506. The number of carboxylic acids is 1. The number of carboxylic acid groups (broad SMARTS) is 1. The summed E-state index contributed by atoms with van der Waals surface area (Å²) in [5.41, 5.74) is -0.174. The van der Waals surface area contributed by atoms with Crippen LogP contribution in [-0.4, -0.2) is 47.8 Å². The average Bonchev–Trinajstić information content (AvgIpc) is 2.73. The van der Waals surface area contributed by atoms with Crippen LogP contribution in [0.25, 0.3) is 0 Å². The van der Waals surface area contributed by atoms with Gasteiger partial charge in [0.2, 0.25) is 12.0 Å². The maximum Gasteiger partial charge on any atom is 0.353 e. The molecule has 0 saturated carbocycles. The number of carbonyl (C=O) groups excluding carboxylic acids is 2. The highest BCUT2D eigenvalue weighted by Gasteiger charge is 2.31. The average molecular weight is 243 g/mol. The van der Waals surface area contributed by atoms with E-state index in [4.69, 9.17) is 5.11 Å². The molecular weight excluding hydrogens is 230 g/mol. The van der Waals surface area contributed by atoms with Gasteiger partial charge >= 0.3 is 5.97 Å². The number of rotatable bonds is 5. The van der Waals surface area contributed by atoms with Gasteiger partial charge in [-0.2, -0.15) is 0 Å². The number of carbonyl (C=O) groups is 3. The van der Waals surface area contributed by atoms with Crippen molar-refractivity contribution in [3.8, 4) is 0 Å². The number of hydrogen-bond acceptors (Lipinski definition) is 5. The molecule has 17 heavy (non-hydrogen) atoms. The Labute approximate surface area is 97.0 Å².